The second kappa shape index (κ2) is 5.96. The number of nitrogens with zero attached hydrogens (tertiary/aromatic N) is 1. The van der Waals surface area contributed by atoms with Crippen molar-refractivity contribution in [2.24, 2.45) is 11.7 Å². The Morgan fingerprint density at radius 1 is 1.20 bits per heavy atom. The summed E-state index contributed by atoms with van der Waals surface area (Å²) in [5, 5.41) is 0. The molecule has 1 aromatic carbocycles. The molecule has 3 nitrogen and oxygen atoms in total. The molecule has 3 rings (SSSR count). The summed E-state index contributed by atoms with van der Waals surface area (Å²) < 4.78 is 0. The van der Waals surface area contributed by atoms with Gasteiger partial charge in [0.2, 0.25) is 5.91 Å². The molecule has 1 saturated carbocycles. The molecule has 0 aromatic heterocycles. The monoisotopic (exact) mass is 272 g/mol. The second-order valence-electron chi connectivity index (χ2n) is 6.25. The van der Waals surface area contributed by atoms with E-state index >= 15 is 0 Å². The first-order valence-electron chi connectivity index (χ1n) is 7.87. The molecule has 3 heteroatoms. The summed E-state index contributed by atoms with van der Waals surface area (Å²) in [5.41, 5.74) is 8.11. The lowest BCUT2D eigenvalue weighted by Crippen LogP contribution is -2.44. The first-order valence-corrected chi connectivity index (χ1v) is 7.87. The fourth-order valence-electron chi connectivity index (χ4n) is 3.85. The molecule has 2 N–H and O–H groups in total. The van der Waals surface area contributed by atoms with Crippen LogP contribution in [0.15, 0.2) is 24.3 Å². The number of hydrogen-bond acceptors (Lipinski definition) is 2. The summed E-state index contributed by atoms with van der Waals surface area (Å²) in [6.07, 6.45) is 7.71. The Balaban J connectivity index is 1.79. The lowest BCUT2D eigenvalue weighted by Gasteiger charge is -2.38. The van der Waals surface area contributed by atoms with E-state index in [4.69, 9.17) is 5.73 Å². The number of benzene rings is 1. The maximum Gasteiger partial charge on any atom is 0.239 e. The number of nitrogens with two attached hydrogens (primary N) is 1. The number of carbonyl (C=O) groups is 1. The Hall–Kier alpha value is -1.35. The van der Waals surface area contributed by atoms with Crippen LogP contribution in [0.25, 0.3) is 0 Å². The van der Waals surface area contributed by atoms with Crippen LogP contribution >= 0.6 is 0 Å². The first-order chi connectivity index (χ1) is 9.75. The Labute approximate surface area is 121 Å². The summed E-state index contributed by atoms with van der Waals surface area (Å²) in [7, 11) is 0. The highest BCUT2D eigenvalue weighted by Gasteiger charge is 2.32. The van der Waals surface area contributed by atoms with Crippen LogP contribution < -0.4 is 5.73 Å². The van der Waals surface area contributed by atoms with Gasteiger partial charge in [-0.05, 0) is 36.3 Å². The van der Waals surface area contributed by atoms with Gasteiger partial charge in [0.15, 0.2) is 0 Å². The molecule has 20 heavy (non-hydrogen) atoms. The first kappa shape index (κ1) is 13.6. The van der Waals surface area contributed by atoms with Crippen molar-refractivity contribution in [1.82, 2.24) is 4.90 Å². The molecule has 1 aliphatic carbocycles. The zero-order valence-electron chi connectivity index (χ0n) is 12.1. The fourth-order valence-corrected chi connectivity index (χ4v) is 3.85. The van der Waals surface area contributed by atoms with E-state index in [9.17, 15) is 4.79 Å². The minimum atomic E-state index is -0.220. The summed E-state index contributed by atoms with van der Waals surface area (Å²) in [6.45, 7) is 1.99. The van der Waals surface area contributed by atoms with E-state index in [1.807, 2.05) is 12.1 Å². The van der Waals surface area contributed by atoms with Crippen molar-refractivity contribution in [1.29, 1.82) is 0 Å². The number of fused-ring (bicyclic) bond motifs is 1. The summed E-state index contributed by atoms with van der Waals surface area (Å²) in [6, 6.07) is 8.04. The lowest BCUT2D eigenvalue weighted by atomic mass is 9.86. The summed E-state index contributed by atoms with van der Waals surface area (Å²) >= 11 is 0. The van der Waals surface area contributed by atoms with Crippen molar-refractivity contribution in [3.8, 4) is 0 Å². The van der Waals surface area contributed by atoms with Gasteiger partial charge in [0.1, 0.15) is 6.04 Å². The molecular weight excluding hydrogens is 248 g/mol. The summed E-state index contributed by atoms with van der Waals surface area (Å²) in [5.74, 6) is 0.545. The molecule has 1 atom stereocenters. The Morgan fingerprint density at radius 2 is 1.95 bits per heavy atom. The highest BCUT2D eigenvalue weighted by atomic mass is 16.1. The van der Waals surface area contributed by atoms with E-state index in [1.165, 1.54) is 37.7 Å². The highest BCUT2D eigenvalue weighted by molar-refractivity contribution is 5.82. The van der Waals surface area contributed by atoms with Gasteiger partial charge in [0.05, 0.1) is 0 Å². The molecule has 1 amide bonds. The normalized spacial score (nSPS) is 24.3. The van der Waals surface area contributed by atoms with Gasteiger partial charge < -0.3 is 5.73 Å². The van der Waals surface area contributed by atoms with Crippen molar-refractivity contribution in [2.75, 3.05) is 13.1 Å². The van der Waals surface area contributed by atoms with E-state index in [1.54, 1.807) is 0 Å². The van der Waals surface area contributed by atoms with E-state index in [-0.39, 0.29) is 11.9 Å². The van der Waals surface area contributed by atoms with Gasteiger partial charge in [-0.1, -0.05) is 43.5 Å². The molecule has 1 aliphatic heterocycles. The largest absolute Gasteiger partial charge is 0.368 e. The van der Waals surface area contributed by atoms with Crippen LogP contribution in [0.4, 0.5) is 0 Å². The lowest BCUT2D eigenvalue weighted by molar-refractivity contribution is -0.124. The Bertz CT molecular complexity index is 480. The third-order valence-corrected chi connectivity index (χ3v) is 4.87. The van der Waals surface area contributed by atoms with Gasteiger partial charge in [-0.25, -0.2) is 0 Å². The van der Waals surface area contributed by atoms with Crippen LogP contribution in [0.3, 0.4) is 0 Å². The van der Waals surface area contributed by atoms with Crippen LogP contribution in [0.1, 0.15) is 49.3 Å². The minimum Gasteiger partial charge on any atom is -0.368 e. The molecule has 1 fully saturated rings. The van der Waals surface area contributed by atoms with Gasteiger partial charge in [0, 0.05) is 13.1 Å². The van der Waals surface area contributed by atoms with Gasteiger partial charge in [0.25, 0.3) is 0 Å². The zero-order valence-corrected chi connectivity index (χ0v) is 12.1. The molecule has 1 heterocycles. The van der Waals surface area contributed by atoms with Gasteiger partial charge in [-0.3, -0.25) is 9.69 Å². The second-order valence-corrected chi connectivity index (χ2v) is 6.25. The maximum absolute atomic E-state index is 11.9. The van der Waals surface area contributed by atoms with E-state index in [2.05, 4.69) is 17.0 Å². The topological polar surface area (TPSA) is 46.3 Å². The predicted octanol–water partition coefficient (Wildman–Crippen LogP) is 2.65. The fraction of sp³-hybridized carbons (Fsp3) is 0.588. The average molecular weight is 272 g/mol. The predicted molar refractivity (Wildman–Crippen MR) is 80.2 cm³/mol. The van der Waals surface area contributed by atoms with Crippen LogP contribution in [0, 0.1) is 5.92 Å². The molecule has 108 valence electrons. The van der Waals surface area contributed by atoms with Crippen LogP contribution in [-0.2, 0) is 11.2 Å². The molecule has 0 bridgehead atoms. The molecular formula is C17H24N2O. The van der Waals surface area contributed by atoms with E-state index < -0.39 is 0 Å². The third kappa shape index (κ3) is 2.73. The number of rotatable bonds is 3. The smallest absolute Gasteiger partial charge is 0.239 e. The molecule has 0 radical (unpaired) electrons. The molecule has 0 spiro atoms. The van der Waals surface area contributed by atoms with Crippen molar-refractivity contribution < 1.29 is 4.79 Å². The number of carbonyl (C=O) groups excluding carboxylic acids is 1. The van der Waals surface area contributed by atoms with E-state index in [0.717, 1.165) is 31.0 Å². The average Bonchev–Trinajstić information content (AvgIpc) is 2.47. The number of amides is 1. The van der Waals surface area contributed by atoms with Gasteiger partial charge in [-0.2, -0.15) is 0 Å². The van der Waals surface area contributed by atoms with Crippen molar-refractivity contribution >= 4 is 5.91 Å². The maximum atomic E-state index is 11.9. The molecule has 0 saturated heterocycles. The molecule has 2 aliphatic rings. The highest BCUT2D eigenvalue weighted by Crippen LogP contribution is 2.32. The third-order valence-electron chi connectivity index (χ3n) is 4.87. The standard InChI is InChI=1S/C17H24N2O/c18-17(20)16-15-9-5-4-8-14(15)10-11-19(16)12-13-6-2-1-3-7-13/h4-5,8-9,13,16H,1-3,6-7,10-12H2,(H2,18,20). The van der Waals surface area contributed by atoms with E-state index in [0.29, 0.717) is 0 Å². The van der Waals surface area contributed by atoms with Crippen molar-refractivity contribution in [3.05, 3.63) is 35.4 Å². The number of hydrogen-bond donors (Lipinski definition) is 1. The van der Waals surface area contributed by atoms with Crippen LogP contribution in [0.5, 0.6) is 0 Å². The van der Waals surface area contributed by atoms with Crippen LogP contribution in [-0.4, -0.2) is 23.9 Å². The van der Waals surface area contributed by atoms with Crippen LogP contribution in [0.2, 0.25) is 0 Å². The Morgan fingerprint density at radius 3 is 2.70 bits per heavy atom. The number of primary amides is 1. The van der Waals surface area contributed by atoms with Crippen molar-refractivity contribution in [2.45, 2.75) is 44.6 Å². The van der Waals surface area contributed by atoms with Gasteiger partial charge >= 0.3 is 0 Å². The molecule has 1 aromatic rings. The molecule has 1 unspecified atom stereocenters. The summed E-state index contributed by atoms with van der Waals surface area (Å²) in [4.78, 5) is 14.3. The van der Waals surface area contributed by atoms with Crippen molar-refractivity contribution in [3.63, 3.8) is 0 Å². The minimum absolute atomic E-state index is 0.201. The quantitative estimate of drug-likeness (QED) is 0.919. The van der Waals surface area contributed by atoms with Gasteiger partial charge in [-0.15, -0.1) is 0 Å². The Kier molecular flexibility index (Phi) is 4.06. The zero-order chi connectivity index (χ0) is 13.9. The SMILES string of the molecule is NC(=O)C1c2ccccc2CCN1CC1CCCCC1.